The number of fused-ring (bicyclic) bond motifs is 3. The monoisotopic (exact) mass is 463 g/mol. The third kappa shape index (κ3) is 4.01. The van der Waals surface area contributed by atoms with E-state index in [2.05, 4.69) is 16.0 Å². The van der Waals surface area contributed by atoms with Gasteiger partial charge in [0, 0.05) is 24.0 Å². The van der Waals surface area contributed by atoms with Crippen LogP contribution in [0.5, 0.6) is 0 Å². The molecule has 3 aromatic rings. The predicted octanol–water partition coefficient (Wildman–Crippen LogP) is 3.67. The number of aromatic amines is 1. The van der Waals surface area contributed by atoms with Crippen molar-refractivity contribution >= 4 is 44.6 Å². The number of benzene rings is 1. The summed E-state index contributed by atoms with van der Waals surface area (Å²) in [6.07, 6.45) is 5.51. The lowest BCUT2D eigenvalue weighted by Crippen LogP contribution is -2.36. The number of nitrogens with one attached hydrogen (secondary N) is 1. The van der Waals surface area contributed by atoms with Crippen LogP contribution in [0.2, 0.25) is 0 Å². The van der Waals surface area contributed by atoms with E-state index in [0.29, 0.717) is 47.8 Å². The van der Waals surface area contributed by atoms with Crippen molar-refractivity contribution in [2.45, 2.75) is 25.7 Å². The fourth-order valence-electron chi connectivity index (χ4n) is 4.46. The van der Waals surface area contributed by atoms with Gasteiger partial charge in [0.1, 0.15) is 16.6 Å². The van der Waals surface area contributed by atoms with Crippen LogP contribution in [0, 0.1) is 21.4 Å². The highest BCUT2D eigenvalue weighted by Gasteiger charge is 2.23. The number of nitriles is 1. The number of nitro benzene ring substituents is 1. The van der Waals surface area contributed by atoms with Gasteiger partial charge in [-0.2, -0.15) is 5.26 Å². The van der Waals surface area contributed by atoms with E-state index in [1.165, 1.54) is 28.4 Å². The highest BCUT2D eigenvalue weighted by Crippen LogP contribution is 2.34. The molecule has 0 saturated carbocycles. The SMILES string of the molecule is N#C/C(=C\c1ccc(N2CCOCC2)c([N+](=O)[O-])c1)c1nc2sc3c(c2c(=O)[nH]1)CCCC3. The Balaban J connectivity index is 1.54. The van der Waals surface area contributed by atoms with E-state index >= 15 is 0 Å². The summed E-state index contributed by atoms with van der Waals surface area (Å²) in [6.45, 7) is 2.20. The van der Waals surface area contributed by atoms with Crippen molar-refractivity contribution < 1.29 is 9.66 Å². The zero-order valence-electron chi connectivity index (χ0n) is 17.8. The van der Waals surface area contributed by atoms with Crippen molar-refractivity contribution in [3.05, 3.63) is 60.5 Å². The third-order valence-electron chi connectivity index (χ3n) is 6.06. The molecule has 1 saturated heterocycles. The fourth-order valence-corrected chi connectivity index (χ4v) is 5.72. The van der Waals surface area contributed by atoms with Gasteiger partial charge < -0.3 is 14.6 Å². The average Bonchev–Trinajstić information content (AvgIpc) is 3.22. The van der Waals surface area contributed by atoms with Crippen LogP contribution in [0.3, 0.4) is 0 Å². The molecular weight excluding hydrogens is 442 g/mol. The first-order chi connectivity index (χ1) is 16.0. The number of rotatable bonds is 4. The molecule has 10 heteroatoms. The summed E-state index contributed by atoms with van der Waals surface area (Å²) >= 11 is 1.51. The summed E-state index contributed by atoms with van der Waals surface area (Å²) in [7, 11) is 0. The first-order valence-corrected chi connectivity index (χ1v) is 11.6. The summed E-state index contributed by atoms with van der Waals surface area (Å²) < 4.78 is 5.34. The zero-order valence-corrected chi connectivity index (χ0v) is 18.6. The molecule has 1 aliphatic carbocycles. The number of H-pyrrole nitrogens is 1. The maximum Gasteiger partial charge on any atom is 0.293 e. The van der Waals surface area contributed by atoms with Crippen molar-refractivity contribution in [2.24, 2.45) is 0 Å². The molecule has 0 unspecified atom stereocenters. The van der Waals surface area contributed by atoms with Crippen molar-refractivity contribution in [2.75, 3.05) is 31.2 Å². The van der Waals surface area contributed by atoms with Gasteiger partial charge in [0.25, 0.3) is 11.2 Å². The van der Waals surface area contributed by atoms with Gasteiger partial charge in [0.15, 0.2) is 5.82 Å². The number of morpholine rings is 1. The van der Waals surface area contributed by atoms with E-state index < -0.39 is 4.92 Å². The van der Waals surface area contributed by atoms with Crippen LogP contribution >= 0.6 is 11.3 Å². The molecule has 5 rings (SSSR count). The number of thiophene rings is 1. The molecule has 3 heterocycles. The van der Waals surface area contributed by atoms with Crippen LogP contribution in [0.15, 0.2) is 23.0 Å². The molecule has 0 bridgehead atoms. The van der Waals surface area contributed by atoms with Gasteiger partial charge in [-0.05, 0) is 49.0 Å². The van der Waals surface area contributed by atoms with Crippen molar-refractivity contribution in [1.82, 2.24) is 9.97 Å². The largest absolute Gasteiger partial charge is 0.378 e. The quantitative estimate of drug-likeness (QED) is 0.355. The number of nitrogens with zero attached hydrogens (tertiary/aromatic N) is 4. The molecule has 0 atom stereocenters. The summed E-state index contributed by atoms with van der Waals surface area (Å²) in [4.78, 5) is 35.2. The number of ether oxygens (including phenoxy) is 1. The predicted molar refractivity (Wildman–Crippen MR) is 126 cm³/mol. The summed E-state index contributed by atoms with van der Waals surface area (Å²) in [5.41, 5.74) is 1.96. The molecular formula is C23H21N5O4S. The van der Waals surface area contributed by atoms with E-state index in [1.807, 2.05) is 4.90 Å². The molecule has 9 nitrogen and oxygen atoms in total. The van der Waals surface area contributed by atoms with Gasteiger partial charge in [0.2, 0.25) is 0 Å². The Morgan fingerprint density at radius 2 is 2.09 bits per heavy atom. The first kappa shape index (κ1) is 21.3. The van der Waals surface area contributed by atoms with E-state index in [1.54, 1.807) is 12.1 Å². The average molecular weight is 464 g/mol. The minimum Gasteiger partial charge on any atom is -0.378 e. The molecule has 2 aromatic heterocycles. The van der Waals surface area contributed by atoms with Crippen LogP contribution in [0.4, 0.5) is 11.4 Å². The number of nitro groups is 1. The van der Waals surface area contributed by atoms with Crippen molar-refractivity contribution in [1.29, 1.82) is 5.26 Å². The number of anilines is 1. The maximum absolute atomic E-state index is 12.8. The molecule has 1 N–H and O–H groups in total. The topological polar surface area (TPSA) is 125 Å². The summed E-state index contributed by atoms with van der Waals surface area (Å²) in [5, 5.41) is 22.1. The minimum atomic E-state index is -0.420. The van der Waals surface area contributed by atoms with Gasteiger partial charge >= 0.3 is 0 Å². The van der Waals surface area contributed by atoms with Gasteiger partial charge in [-0.3, -0.25) is 14.9 Å². The molecule has 2 aliphatic rings. The zero-order chi connectivity index (χ0) is 22.9. The molecule has 0 amide bonds. The number of hydrogen-bond donors (Lipinski definition) is 1. The fraction of sp³-hybridized carbons (Fsp3) is 0.348. The van der Waals surface area contributed by atoms with Gasteiger partial charge in [0.05, 0.1) is 29.1 Å². The Kier molecular flexibility index (Phi) is 5.66. The second-order valence-electron chi connectivity index (χ2n) is 8.08. The molecule has 1 aliphatic heterocycles. The van der Waals surface area contributed by atoms with E-state index in [0.717, 1.165) is 31.2 Å². The second kappa shape index (κ2) is 8.77. The highest BCUT2D eigenvalue weighted by molar-refractivity contribution is 7.18. The molecule has 168 valence electrons. The highest BCUT2D eigenvalue weighted by atomic mass is 32.1. The lowest BCUT2D eigenvalue weighted by Gasteiger charge is -2.28. The van der Waals surface area contributed by atoms with Crippen molar-refractivity contribution in [3.63, 3.8) is 0 Å². The van der Waals surface area contributed by atoms with Crippen LogP contribution in [0.1, 0.15) is 34.7 Å². The Labute approximate surface area is 193 Å². The summed E-state index contributed by atoms with van der Waals surface area (Å²) in [6, 6.07) is 6.95. The lowest BCUT2D eigenvalue weighted by atomic mass is 9.97. The Bertz CT molecular complexity index is 1380. The minimum absolute atomic E-state index is 0.0363. The second-order valence-corrected chi connectivity index (χ2v) is 9.16. The number of allylic oxidation sites excluding steroid dienone is 1. The van der Waals surface area contributed by atoms with E-state index in [4.69, 9.17) is 4.74 Å². The molecule has 0 radical (unpaired) electrons. The smallest absolute Gasteiger partial charge is 0.293 e. The Hall–Kier alpha value is -3.55. The van der Waals surface area contributed by atoms with Gasteiger partial charge in [-0.25, -0.2) is 4.98 Å². The number of aryl methyl sites for hydroxylation is 2. The first-order valence-electron chi connectivity index (χ1n) is 10.8. The Morgan fingerprint density at radius 1 is 1.30 bits per heavy atom. The lowest BCUT2D eigenvalue weighted by molar-refractivity contribution is -0.384. The van der Waals surface area contributed by atoms with Crippen molar-refractivity contribution in [3.8, 4) is 6.07 Å². The number of aromatic nitrogens is 2. The van der Waals surface area contributed by atoms with Crippen LogP contribution in [0.25, 0.3) is 21.9 Å². The van der Waals surface area contributed by atoms with Crippen LogP contribution < -0.4 is 10.5 Å². The Morgan fingerprint density at radius 3 is 2.85 bits per heavy atom. The van der Waals surface area contributed by atoms with Crippen LogP contribution in [-0.2, 0) is 17.6 Å². The normalized spacial score (nSPS) is 16.5. The van der Waals surface area contributed by atoms with E-state index in [-0.39, 0.29) is 22.6 Å². The third-order valence-corrected chi connectivity index (χ3v) is 7.25. The maximum atomic E-state index is 12.8. The van der Waals surface area contributed by atoms with E-state index in [9.17, 15) is 20.2 Å². The van der Waals surface area contributed by atoms with Gasteiger partial charge in [-0.15, -0.1) is 11.3 Å². The molecule has 1 aromatic carbocycles. The standard InChI is InChI=1S/C23H21N5O4S/c24-13-15(21-25-22(29)20-16-3-1-2-4-19(16)33-23(20)26-21)11-14-5-6-17(18(12-14)28(30)31)27-7-9-32-10-8-27/h5-6,11-12H,1-4,7-10H2,(H,25,26,29)/b15-11+. The molecule has 1 fully saturated rings. The number of hydrogen-bond acceptors (Lipinski definition) is 8. The van der Waals surface area contributed by atoms with Gasteiger partial charge in [-0.1, -0.05) is 6.07 Å². The molecule has 33 heavy (non-hydrogen) atoms. The molecule has 0 spiro atoms. The van der Waals surface area contributed by atoms with Crippen LogP contribution in [-0.4, -0.2) is 41.2 Å². The summed E-state index contributed by atoms with van der Waals surface area (Å²) in [5.74, 6) is 0.175.